The summed E-state index contributed by atoms with van der Waals surface area (Å²) in [4.78, 5) is 11.7. The second-order valence-electron chi connectivity index (χ2n) is 5.40. The molecule has 0 aromatic heterocycles. The van der Waals surface area contributed by atoms with Gasteiger partial charge in [0.15, 0.2) is 5.78 Å². The highest BCUT2D eigenvalue weighted by Crippen LogP contribution is 2.24. The fourth-order valence-corrected chi connectivity index (χ4v) is 1.73. The lowest BCUT2D eigenvalue weighted by atomic mass is 9.92. The molecule has 0 amide bonds. The average Bonchev–Trinajstić information content (AvgIpc) is 2.34. The number of allylic oxidation sites excluding steroid dienone is 1. The van der Waals surface area contributed by atoms with E-state index in [9.17, 15) is 4.79 Å². The Morgan fingerprint density at radius 3 is 2.39 bits per heavy atom. The zero-order valence-corrected chi connectivity index (χ0v) is 12.6. The smallest absolute Gasteiger partial charge is 0.160 e. The molecule has 2 N–H and O–H groups in total. The third-order valence-electron chi connectivity index (χ3n) is 3.44. The fourth-order valence-electron chi connectivity index (χ4n) is 1.73. The predicted octanol–water partition coefficient (Wildman–Crippen LogP) is 3.43. The number of carbonyl (C=O) groups is 1. The molecule has 0 aliphatic rings. The molecule has 0 bridgehead atoms. The summed E-state index contributed by atoms with van der Waals surface area (Å²) in [5.41, 5.74) is 6.06. The first kappa shape index (κ1) is 17.2. The Bertz CT molecular complexity index is 284. The van der Waals surface area contributed by atoms with Crippen molar-refractivity contribution >= 4 is 5.78 Å². The van der Waals surface area contributed by atoms with Gasteiger partial charge in [0, 0.05) is 24.8 Å². The lowest BCUT2D eigenvalue weighted by Crippen LogP contribution is -2.35. The van der Waals surface area contributed by atoms with E-state index in [2.05, 4.69) is 6.92 Å². The van der Waals surface area contributed by atoms with Gasteiger partial charge in [-0.3, -0.25) is 4.79 Å². The van der Waals surface area contributed by atoms with Gasteiger partial charge in [-0.2, -0.15) is 0 Å². The van der Waals surface area contributed by atoms with Crippen molar-refractivity contribution in [3.05, 3.63) is 11.8 Å². The number of carbonyl (C=O) groups excluding carboxylic acids is 1. The van der Waals surface area contributed by atoms with Gasteiger partial charge in [-0.1, -0.05) is 46.5 Å². The molecule has 0 saturated carbocycles. The molecule has 0 aromatic carbocycles. The van der Waals surface area contributed by atoms with Crippen LogP contribution < -0.4 is 5.73 Å². The fraction of sp³-hybridized carbons (Fsp3) is 0.800. The van der Waals surface area contributed by atoms with Gasteiger partial charge < -0.3 is 10.5 Å². The van der Waals surface area contributed by atoms with E-state index in [0.29, 0.717) is 5.70 Å². The first-order chi connectivity index (χ1) is 8.37. The van der Waals surface area contributed by atoms with Crippen LogP contribution in [0.5, 0.6) is 0 Å². The Labute approximate surface area is 112 Å². The molecule has 0 aromatic rings. The molecule has 18 heavy (non-hydrogen) atoms. The topological polar surface area (TPSA) is 52.3 Å². The van der Waals surface area contributed by atoms with Gasteiger partial charge in [0.25, 0.3) is 0 Å². The van der Waals surface area contributed by atoms with Crippen molar-refractivity contribution in [2.24, 2.45) is 11.7 Å². The van der Waals surface area contributed by atoms with Crippen LogP contribution in [0, 0.1) is 5.92 Å². The van der Waals surface area contributed by atoms with Crippen LogP contribution in [-0.4, -0.2) is 18.5 Å². The van der Waals surface area contributed by atoms with E-state index in [1.807, 2.05) is 20.8 Å². The highest BCUT2D eigenvalue weighted by Gasteiger charge is 2.27. The van der Waals surface area contributed by atoms with Crippen molar-refractivity contribution in [2.45, 2.75) is 65.4 Å². The summed E-state index contributed by atoms with van der Waals surface area (Å²) < 4.78 is 5.51. The molecule has 0 aliphatic carbocycles. The molecular formula is C15H29NO2. The van der Waals surface area contributed by atoms with E-state index in [-0.39, 0.29) is 11.7 Å². The Morgan fingerprint density at radius 2 is 1.94 bits per heavy atom. The second-order valence-corrected chi connectivity index (χ2v) is 5.40. The molecule has 1 atom stereocenters. The summed E-state index contributed by atoms with van der Waals surface area (Å²) in [6.07, 6.45) is 7.09. The first-order valence-corrected chi connectivity index (χ1v) is 6.94. The van der Waals surface area contributed by atoms with Gasteiger partial charge in [-0.15, -0.1) is 0 Å². The summed E-state index contributed by atoms with van der Waals surface area (Å²) >= 11 is 0. The van der Waals surface area contributed by atoms with Gasteiger partial charge in [-0.05, 0) is 13.3 Å². The maximum Gasteiger partial charge on any atom is 0.160 e. The minimum atomic E-state index is -0.516. The Morgan fingerprint density at radius 1 is 1.33 bits per heavy atom. The van der Waals surface area contributed by atoms with Crippen molar-refractivity contribution in [2.75, 3.05) is 7.11 Å². The average molecular weight is 255 g/mol. The van der Waals surface area contributed by atoms with E-state index in [4.69, 9.17) is 10.5 Å². The zero-order chi connectivity index (χ0) is 14.2. The van der Waals surface area contributed by atoms with E-state index >= 15 is 0 Å². The van der Waals surface area contributed by atoms with Crippen LogP contribution in [0.1, 0.15) is 59.8 Å². The largest absolute Gasteiger partial charge is 0.400 e. The molecule has 3 nitrogen and oxygen atoms in total. The SMILES string of the molecule is CCCCCCC(C)(OC)C(N)=CC(=O)C(C)C. The van der Waals surface area contributed by atoms with E-state index in [1.54, 1.807) is 7.11 Å². The van der Waals surface area contributed by atoms with Crippen molar-refractivity contribution in [1.82, 2.24) is 0 Å². The summed E-state index contributed by atoms with van der Waals surface area (Å²) in [5.74, 6) is 0.0362. The Kier molecular flexibility index (Phi) is 7.92. The van der Waals surface area contributed by atoms with Crippen molar-refractivity contribution in [1.29, 1.82) is 0 Å². The van der Waals surface area contributed by atoms with Gasteiger partial charge in [0.1, 0.15) is 5.60 Å². The highest BCUT2D eigenvalue weighted by atomic mass is 16.5. The van der Waals surface area contributed by atoms with Crippen LogP contribution >= 0.6 is 0 Å². The first-order valence-electron chi connectivity index (χ1n) is 6.94. The summed E-state index contributed by atoms with van der Waals surface area (Å²) in [5, 5.41) is 0. The van der Waals surface area contributed by atoms with E-state index in [1.165, 1.54) is 25.3 Å². The maximum atomic E-state index is 11.7. The molecule has 0 saturated heterocycles. The van der Waals surface area contributed by atoms with Gasteiger partial charge in [-0.25, -0.2) is 0 Å². The van der Waals surface area contributed by atoms with E-state index < -0.39 is 5.60 Å². The molecule has 0 rings (SSSR count). The molecule has 3 heteroatoms. The minimum absolute atomic E-state index is 0.0234. The summed E-state index contributed by atoms with van der Waals surface area (Å²) in [6, 6.07) is 0. The van der Waals surface area contributed by atoms with Gasteiger partial charge in [0.05, 0.1) is 0 Å². The predicted molar refractivity (Wildman–Crippen MR) is 76.3 cm³/mol. The number of hydrogen-bond donors (Lipinski definition) is 1. The lowest BCUT2D eigenvalue weighted by Gasteiger charge is -2.29. The van der Waals surface area contributed by atoms with Crippen LogP contribution in [0.25, 0.3) is 0 Å². The second kappa shape index (κ2) is 8.30. The molecule has 1 unspecified atom stereocenters. The third kappa shape index (κ3) is 5.67. The molecule has 0 heterocycles. The van der Waals surface area contributed by atoms with Gasteiger partial charge >= 0.3 is 0 Å². The molecule has 106 valence electrons. The highest BCUT2D eigenvalue weighted by molar-refractivity contribution is 5.91. The number of nitrogens with two attached hydrogens (primary N) is 1. The Balaban J connectivity index is 4.56. The number of methoxy groups -OCH3 is 1. The number of unbranched alkanes of at least 4 members (excludes halogenated alkanes) is 3. The monoisotopic (exact) mass is 255 g/mol. The minimum Gasteiger partial charge on any atom is -0.400 e. The van der Waals surface area contributed by atoms with Crippen LogP contribution in [0.2, 0.25) is 0 Å². The van der Waals surface area contributed by atoms with Crippen LogP contribution in [0.3, 0.4) is 0 Å². The zero-order valence-electron chi connectivity index (χ0n) is 12.6. The molecule has 0 spiro atoms. The summed E-state index contributed by atoms with van der Waals surface area (Å²) in [6.45, 7) is 7.89. The van der Waals surface area contributed by atoms with Gasteiger partial charge in [0.2, 0.25) is 0 Å². The quantitative estimate of drug-likeness (QED) is 0.507. The molecular weight excluding hydrogens is 226 g/mol. The summed E-state index contributed by atoms with van der Waals surface area (Å²) in [7, 11) is 1.65. The van der Waals surface area contributed by atoms with Crippen molar-refractivity contribution in [3.8, 4) is 0 Å². The molecule has 0 radical (unpaired) electrons. The number of ether oxygens (including phenoxy) is 1. The Hall–Kier alpha value is -0.830. The lowest BCUT2D eigenvalue weighted by molar-refractivity contribution is -0.117. The number of rotatable bonds is 9. The maximum absolute atomic E-state index is 11.7. The standard InChI is InChI=1S/C15H29NO2/c1-6-7-8-9-10-15(4,18-5)14(16)11-13(17)12(2)3/h11-12H,6-10,16H2,1-5H3. The van der Waals surface area contributed by atoms with E-state index in [0.717, 1.165) is 12.8 Å². The van der Waals surface area contributed by atoms with Crippen LogP contribution in [0.15, 0.2) is 11.8 Å². The number of ketones is 1. The normalized spacial score (nSPS) is 15.8. The third-order valence-corrected chi connectivity index (χ3v) is 3.44. The molecule has 0 aliphatic heterocycles. The van der Waals surface area contributed by atoms with Crippen molar-refractivity contribution < 1.29 is 9.53 Å². The van der Waals surface area contributed by atoms with Crippen LogP contribution in [-0.2, 0) is 9.53 Å². The van der Waals surface area contributed by atoms with Crippen molar-refractivity contribution in [3.63, 3.8) is 0 Å². The molecule has 0 fully saturated rings. The van der Waals surface area contributed by atoms with Crippen LogP contribution in [0.4, 0.5) is 0 Å². The number of hydrogen-bond acceptors (Lipinski definition) is 3.